The van der Waals surface area contributed by atoms with Crippen LogP contribution in [0.2, 0.25) is 0 Å². The van der Waals surface area contributed by atoms with E-state index in [2.05, 4.69) is 23.7 Å². The topological polar surface area (TPSA) is 114 Å². The summed E-state index contributed by atoms with van der Waals surface area (Å²) in [6.45, 7) is 6.52. The van der Waals surface area contributed by atoms with Gasteiger partial charge in [-0.3, -0.25) is 9.59 Å². The molecule has 2 aromatic heterocycles. The van der Waals surface area contributed by atoms with Gasteiger partial charge in [-0.1, -0.05) is 0 Å². The van der Waals surface area contributed by atoms with Crippen molar-refractivity contribution in [3.8, 4) is 11.4 Å². The monoisotopic (exact) mass is 546 g/mol. The van der Waals surface area contributed by atoms with Crippen LogP contribution in [0.5, 0.6) is 0 Å². The first-order valence-corrected chi connectivity index (χ1v) is 13.6. The number of cyclic esters (lactones) is 1. The molecule has 1 amide bonds. The Bertz CT molecular complexity index is 1690. The zero-order chi connectivity index (χ0) is 28.5. The van der Waals surface area contributed by atoms with Gasteiger partial charge in [0.15, 0.2) is 6.10 Å². The summed E-state index contributed by atoms with van der Waals surface area (Å²) in [5.41, 5.74) is 4.68. The SMILES string of the molecule is Cc1c(F)cc2nc3c(c4c2c1CCC4C=NC(=O)CCN(C)C(C)C)Cn1c-3cc2c(c1=O)COC(=O)[C@H]2O. The number of fused-ring (bicyclic) bond motifs is 5. The molecule has 0 spiro atoms. The Morgan fingerprint density at radius 2 is 2.08 bits per heavy atom. The lowest BCUT2D eigenvalue weighted by Gasteiger charge is -2.27. The summed E-state index contributed by atoms with van der Waals surface area (Å²) in [4.78, 5) is 49.4. The first-order chi connectivity index (χ1) is 19.1. The van der Waals surface area contributed by atoms with Crippen molar-refractivity contribution in [2.75, 3.05) is 13.6 Å². The smallest absolute Gasteiger partial charge is 0.340 e. The molecule has 208 valence electrons. The zero-order valence-electron chi connectivity index (χ0n) is 23.0. The number of benzene rings is 1. The van der Waals surface area contributed by atoms with Crippen LogP contribution >= 0.6 is 0 Å². The lowest BCUT2D eigenvalue weighted by atomic mass is 9.78. The zero-order valence-corrected chi connectivity index (χ0v) is 23.0. The van der Waals surface area contributed by atoms with E-state index in [9.17, 15) is 23.9 Å². The van der Waals surface area contributed by atoms with Crippen LogP contribution in [0.1, 0.15) is 72.1 Å². The second-order valence-electron chi connectivity index (χ2n) is 11.2. The van der Waals surface area contributed by atoms with E-state index in [1.807, 2.05) is 7.05 Å². The molecule has 3 aromatic rings. The van der Waals surface area contributed by atoms with E-state index in [4.69, 9.17) is 9.72 Å². The van der Waals surface area contributed by atoms with Crippen LogP contribution in [-0.2, 0) is 33.9 Å². The third-order valence-corrected chi connectivity index (χ3v) is 8.65. The predicted octanol–water partition coefficient (Wildman–Crippen LogP) is 3.32. The fraction of sp³-hybridized carbons (Fsp3) is 0.433. The summed E-state index contributed by atoms with van der Waals surface area (Å²) in [5, 5.41) is 11.3. The Morgan fingerprint density at radius 1 is 1.30 bits per heavy atom. The molecule has 1 unspecified atom stereocenters. The maximum atomic E-state index is 15.0. The van der Waals surface area contributed by atoms with Crippen molar-refractivity contribution in [3.63, 3.8) is 0 Å². The van der Waals surface area contributed by atoms with Gasteiger partial charge in [0.1, 0.15) is 12.4 Å². The van der Waals surface area contributed by atoms with E-state index >= 15 is 0 Å². The quantitative estimate of drug-likeness (QED) is 0.302. The Hall–Kier alpha value is -3.76. The molecule has 6 rings (SSSR count). The molecule has 0 saturated heterocycles. The molecule has 4 heterocycles. The second-order valence-corrected chi connectivity index (χ2v) is 11.2. The van der Waals surface area contributed by atoms with Crippen molar-refractivity contribution in [2.45, 2.75) is 71.2 Å². The van der Waals surface area contributed by atoms with E-state index in [-0.39, 0.29) is 47.5 Å². The van der Waals surface area contributed by atoms with Gasteiger partial charge >= 0.3 is 5.97 Å². The molecular formula is C30H31FN4O5. The van der Waals surface area contributed by atoms with Gasteiger partial charge in [0.25, 0.3) is 5.56 Å². The maximum absolute atomic E-state index is 15.0. The van der Waals surface area contributed by atoms with Crippen molar-refractivity contribution >= 4 is 29.0 Å². The Kier molecular flexibility index (Phi) is 6.42. The number of ether oxygens (including phenoxy) is 1. The highest BCUT2D eigenvalue weighted by Gasteiger charge is 2.37. The van der Waals surface area contributed by atoms with Crippen LogP contribution in [0.15, 0.2) is 21.9 Å². The molecule has 0 bridgehead atoms. The fourth-order valence-electron chi connectivity index (χ4n) is 6.05. The average molecular weight is 547 g/mol. The van der Waals surface area contributed by atoms with Crippen LogP contribution in [0.4, 0.5) is 4.39 Å². The van der Waals surface area contributed by atoms with Crippen molar-refractivity contribution < 1.29 is 23.8 Å². The number of carbonyl (C=O) groups excluding carboxylic acids is 2. The first kappa shape index (κ1) is 26.5. The minimum absolute atomic E-state index is 0.207. The maximum Gasteiger partial charge on any atom is 0.340 e. The van der Waals surface area contributed by atoms with Crippen molar-refractivity contribution in [1.82, 2.24) is 14.5 Å². The van der Waals surface area contributed by atoms with Crippen LogP contribution in [0, 0.1) is 12.7 Å². The van der Waals surface area contributed by atoms with Gasteiger partial charge in [-0.2, -0.15) is 0 Å². The number of amides is 1. The van der Waals surface area contributed by atoms with E-state index < -0.39 is 12.1 Å². The minimum Gasteiger partial charge on any atom is -0.458 e. The van der Waals surface area contributed by atoms with Gasteiger partial charge in [0.05, 0.1) is 29.0 Å². The lowest BCUT2D eigenvalue weighted by Crippen LogP contribution is -2.32. The number of aromatic nitrogens is 2. The van der Waals surface area contributed by atoms with E-state index in [1.165, 1.54) is 6.07 Å². The van der Waals surface area contributed by atoms with Gasteiger partial charge in [0, 0.05) is 53.7 Å². The molecule has 40 heavy (non-hydrogen) atoms. The Morgan fingerprint density at radius 3 is 2.83 bits per heavy atom. The van der Waals surface area contributed by atoms with Crippen LogP contribution in [0.3, 0.4) is 0 Å². The normalized spacial score (nSPS) is 19.4. The molecule has 2 aliphatic heterocycles. The van der Waals surface area contributed by atoms with E-state index in [1.54, 1.807) is 23.8 Å². The largest absolute Gasteiger partial charge is 0.458 e. The molecule has 10 heteroatoms. The third-order valence-electron chi connectivity index (χ3n) is 8.65. The summed E-state index contributed by atoms with van der Waals surface area (Å²) >= 11 is 0. The van der Waals surface area contributed by atoms with Crippen LogP contribution in [0.25, 0.3) is 22.3 Å². The summed E-state index contributed by atoms with van der Waals surface area (Å²) in [5.74, 6) is -1.59. The van der Waals surface area contributed by atoms with Crippen LogP contribution in [-0.4, -0.2) is 57.3 Å². The number of esters is 1. The molecule has 0 fully saturated rings. The number of aliphatic hydroxyl groups is 1. The molecule has 1 aliphatic carbocycles. The molecule has 3 aliphatic rings. The number of nitrogens with zero attached hydrogens (tertiary/aromatic N) is 4. The van der Waals surface area contributed by atoms with E-state index in [0.717, 1.165) is 22.1 Å². The average Bonchev–Trinajstić information content (AvgIpc) is 3.30. The first-order valence-electron chi connectivity index (χ1n) is 13.6. The molecule has 1 aromatic carbocycles. The predicted molar refractivity (Wildman–Crippen MR) is 147 cm³/mol. The number of aryl methyl sites for hydroxylation is 1. The van der Waals surface area contributed by atoms with E-state index in [0.29, 0.717) is 54.3 Å². The Balaban J connectivity index is 1.48. The number of halogens is 1. The summed E-state index contributed by atoms with van der Waals surface area (Å²) in [7, 11) is 1.97. The van der Waals surface area contributed by atoms with Gasteiger partial charge in [0.2, 0.25) is 5.91 Å². The molecule has 9 nitrogen and oxygen atoms in total. The van der Waals surface area contributed by atoms with Gasteiger partial charge in [-0.15, -0.1) is 0 Å². The highest BCUT2D eigenvalue weighted by Crippen LogP contribution is 2.45. The van der Waals surface area contributed by atoms with Crippen molar-refractivity contribution in [2.24, 2.45) is 4.99 Å². The summed E-state index contributed by atoms with van der Waals surface area (Å²) < 4.78 is 21.6. The number of carbonyl (C=O) groups is 2. The number of aliphatic imine (C=N–C) groups is 1. The minimum atomic E-state index is -1.56. The number of hydrogen-bond donors (Lipinski definition) is 1. The van der Waals surface area contributed by atoms with Gasteiger partial charge in [-0.25, -0.2) is 19.2 Å². The standard InChI is InChI=1S/C30H31FN4O5/c1-14(2)34(4)8-7-24(36)32-11-16-5-6-17-15(3)21(31)10-22-26(17)25(16)19-12-35-23(27(19)33-22)9-18-20(29(35)38)13-40-30(39)28(18)37/h9-11,14,16,28,37H,5-8,12-13H2,1-4H3/t16?,28-/m0/s1. The highest BCUT2D eigenvalue weighted by molar-refractivity contribution is 5.97. The number of hydrogen-bond acceptors (Lipinski definition) is 7. The molecule has 2 atom stereocenters. The lowest BCUT2D eigenvalue weighted by molar-refractivity contribution is -0.157. The molecular weight excluding hydrogens is 515 g/mol. The highest BCUT2D eigenvalue weighted by atomic mass is 19.1. The van der Waals surface area contributed by atoms with Crippen molar-refractivity contribution in [3.05, 3.63) is 61.7 Å². The van der Waals surface area contributed by atoms with Gasteiger partial charge in [-0.05, 0) is 63.4 Å². The summed E-state index contributed by atoms with van der Waals surface area (Å²) in [6, 6.07) is 3.35. The molecule has 1 N–H and O–H groups in total. The van der Waals surface area contributed by atoms with Crippen molar-refractivity contribution in [1.29, 1.82) is 0 Å². The fourth-order valence-corrected chi connectivity index (χ4v) is 6.05. The number of rotatable bonds is 5. The number of pyridine rings is 2. The molecule has 0 saturated carbocycles. The molecule has 0 radical (unpaired) electrons. The second kappa shape index (κ2) is 9.71. The van der Waals surface area contributed by atoms with Crippen LogP contribution < -0.4 is 5.56 Å². The third kappa shape index (κ3) is 4.08. The number of aliphatic hydroxyl groups excluding tert-OH is 1. The van der Waals surface area contributed by atoms with Gasteiger partial charge < -0.3 is 19.3 Å². The summed E-state index contributed by atoms with van der Waals surface area (Å²) in [6.07, 6.45) is 1.69. The Labute approximate surface area is 230 Å².